The summed E-state index contributed by atoms with van der Waals surface area (Å²) in [7, 11) is 0. The highest BCUT2D eigenvalue weighted by Gasteiger charge is 2.25. The second-order valence-electron chi connectivity index (χ2n) is 9.30. The van der Waals surface area contributed by atoms with E-state index in [2.05, 4.69) is 31.2 Å². The van der Waals surface area contributed by atoms with Crippen LogP contribution in [0.25, 0.3) is 50.3 Å². The maximum atomic E-state index is 13.5. The molecule has 0 saturated carbocycles. The molecule has 0 spiro atoms. The molecule has 196 valence electrons. The molecule has 1 amide bonds. The van der Waals surface area contributed by atoms with E-state index < -0.39 is 5.91 Å². The summed E-state index contributed by atoms with van der Waals surface area (Å²) in [4.78, 5) is 13.5. The highest BCUT2D eigenvalue weighted by molar-refractivity contribution is 6.08. The number of hydrogen-bond donors (Lipinski definition) is 2. The van der Waals surface area contributed by atoms with Crippen molar-refractivity contribution in [1.82, 2.24) is 35.4 Å². The van der Waals surface area contributed by atoms with Crippen LogP contribution in [0.5, 0.6) is 0 Å². The molecule has 0 atom stereocenters. The Balaban J connectivity index is 1.48. The Hall–Kier alpha value is -5.96. The predicted octanol–water partition coefficient (Wildman–Crippen LogP) is 5.83. The van der Waals surface area contributed by atoms with Crippen molar-refractivity contribution < 1.29 is 4.79 Å². The fourth-order valence-corrected chi connectivity index (χ4v) is 4.85. The van der Waals surface area contributed by atoms with Gasteiger partial charge in [-0.1, -0.05) is 109 Å². The van der Waals surface area contributed by atoms with E-state index in [1.54, 1.807) is 4.52 Å². The Labute approximate surface area is 234 Å². The Morgan fingerprint density at radius 2 is 1.20 bits per heavy atom. The number of hydrogen-bond acceptors (Lipinski definition) is 7. The van der Waals surface area contributed by atoms with Crippen LogP contribution in [-0.4, -0.2) is 35.9 Å². The van der Waals surface area contributed by atoms with Gasteiger partial charge in [-0.25, -0.2) is 4.52 Å². The van der Waals surface area contributed by atoms with Gasteiger partial charge in [0.25, 0.3) is 5.91 Å². The quantitative estimate of drug-likeness (QED) is 0.259. The summed E-state index contributed by atoms with van der Waals surface area (Å²) in [6.45, 7) is 0. The topological polar surface area (TPSA) is 110 Å². The fourth-order valence-electron chi connectivity index (χ4n) is 4.85. The van der Waals surface area contributed by atoms with E-state index in [-0.39, 0.29) is 5.69 Å². The standard InChI is InChI=1S/C32H22N8O/c41-32(38-33-24-19-11-4-12-20-24)28-29(23-17-9-3-10-18-23)40-31(37-35-28)26-25(21-13-5-1-6-14-21)27(34-36-30(26)39-40)22-15-7-2-8-16-22/h1-20,33H,(H,38,41). The molecule has 3 aromatic heterocycles. The van der Waals surface area contributed by atoms with Crippen molar-refractivity contribution in [3.05, 3.63) is 127 Å². The van der Waals surface area contributed by atoms with Gasteiger partial charge in [0.05, 0.1) is 11.1 Å². The zero-order valence-corrected chi connectivity index (χ0v) is 21.6. The van der Waals surface area contributed by atoms with Crippen LogP contribution in [0.2, 0.25) is 0 Å². The number of carbonyl (C=O) groups is 1. The minimum absolute atomic E-state index is 0.109. The number of aromatic nitrogens is 6. The second kappa shape index (κ2) is 10.3. The molecule has 2 N–H and O–H groups in total. The van der Waals surface area contributed by atoms with E-state index >= 15 is 0 Å². The number of nitrogens with one attached hydrogen (secondary N) is 2. The molecule has 0 fully saturated rings. The molecule has 3 heterocycles. The fraction of sp³-hybridized carbons (Fsp3) is 0. The maximum Gasteiger partial charge on any atom is 0.292 e. The third kappa shape index (κ3) is 4.41. The van der Waals surface area contributed by atoms with Crippen LogP contribution in [-0.2, 0) is 0 Å². The largest absolute Gasteiger partial charge is 0.298 e. The lowest BCUT2D eigenvalue weighted by molar-refractivity contribution is 0.0957. The third-order valence-corrected chi connectivity index (χ3v) is 6.72. The monoisotopic (exact) mass is 534 g/mol. The normalized spacial score (nSPS) is 11.0. The van der Waals surface area contributed by atoms with Crippen molar-refractivity contribution in [1.29, 1.82) is 0 Å². The van der Waals surface area contributed by atoms with Crippen molar-refractivity contribution >= 4 is 28.3 Å². The maximum absolute atomic E-state index is 13.5. The number of fused-ring (bicyclic) bond motifs is 3. The Morgan fingerprint density at radius 1 is 0.610 bits per heavy atom. The lowest BCUT2D eigenvalue weighted by Gasteiger charge is -2.12. The first-order valence-electron chi connectivity index (χ1n) is 13.0. The van der Waals surface area contributed by atoms with Gasteiger partial charge < -0.3 is 0 Å². The second-order valence-corrected chi connectivity index (χ2v) is 9.30. The van der Waals surface area contributed by atoms with E-state index in [9.17, 15) is 4.79 Å². The highest BCUT2D eigenvalue weighted by atomic mass is 16.2. The van der Waals surface area contributed by atoms with Crippen molar-refractivity contribution in [2.24, 2.45) is 0 Å². The number of rotatable bonds is 6. The van der Waals surface area contributed by atoms with Crippen LogP contribution in [0.4, 0.5) is 5.69 Å². The lowest BCUT2D eigenvalue weighted by atomic mass is 9.97. The Morgan fingerprint density at radius 3 is 1.85 bits per heavy atom. The SMILES string of the molecule is O=C(NNc1ccccc1)c1nnc2c3c(-c4ccccc4)c(-c4ccccc4)nnc3nn2c1-c1ccccc1. The number of anilines is 1. The average Bonchev–Trinajstić information content (AvgIpc) is 3.43. The van der Waals surface area contributed by atoms with E-state index in [4.69, 9.17) is 5.10 Å². The van der Waals surface area contributed by atoms with Gasteiger partial charge in [-0.2, -0.15) is 0 Å². The first kappa shape index (κ1) is 24.1. The van der Waals surface area contributed by atoms with Crippen molar-refractivity contribution in [3.8, 4) is 33.6 Å². The molecule has 0 aliphatic heterocycles. The van der Waals surface area contributed by atoms with E-state index in [1.165, 1.54) is 0 Å². The van der Waals surface area contributed by atoms with Crippen LogP contribution in [0.3, 0.4) is 0 Å². The molecule has 0 unspecified atom stereocenters. The van der Waals surface area contributed by atoms with Gasteiger partial charge in [0.2, 0.25) is 5.65 Å². The van der Waals surface area contributed by atoms with Gasteiger partial charge in [-0.15, -0.1) is 25.5 Å². The molecule has 0 aliphatic carbocycles. The van der Waals surface area contributed by atoms with Crippen molar-refractivity contribution in [2.45, 2.75) is 0 Å². The van der Waals surface area contributed by atoms with Gasteiger partial charge in [0, 0.05) is 16.7 Å². The van der Waals surface area contributed by atoms with Crippen LogP contribution in [0.15, 0.2) is 121 Å². The molecular formula is C32H22N8O. The summed E-state index contributed by atoms with van der Waals surface area (Å²) in [5.74, 6) is -0.457. The summed E-state index contributed by atoms with van der Waals surface area (Å²) < 4.78 is 1.64. The first-order valence-corrected chi connectivity index (χ1v) is 13.0. The van der Waals surface area contributed by atoms with Gasteiger partial charge in [0.1, 0.15) is 11.4 Å². The van der Waals surface area contributed by atoms with Crippen LogP contribution in [0, 0.1) is 0 Å². The molecule has 0 saturated heterocycles. The van der Waals surface area contributed by atoms with E-state index in [0.29, 0.717) is 28.1 Å². The number of benzene rings is 4. The molecule has 9 nitrogen and oxygen atoms in total. The van der Waals surface area contributed by atoms with Gasteiger partial charge >= 0.3 is 0 Å². The molecule has 7 rings (SSSR count). The van der Waals surface area contributed by atoms with Crippen molar-refractivity contribution in [3.63, 3.8) is 0 Å². The highest BCUT2D eigenvalue weighted by Crippen LogP contribution is 2.38. The summed E-state index contributed by atoms with van der Waals surface area (Å²) >= 11 is 0. The van der Waals surface area contributed by atoms with Gasteiger partial charge in [-0.3, -0.25) is 15.6 Å². The van der Waals surface area contributed by atoms with Crippen LogP contribution in [0.1, 0.15) is 10.5 Å². The van der Waals surface area contributed by atoms with Gasteiger partial charge in [0.15, 0.2) is 11.3 Å². The van der Waals surface area contributed by atoms with E-state index in [1.807, 2.05) is 121 Å². The molecular weight excluding hydrogens is 512 g/mol. The van der Waals surface area contributed by atoms with Crippen LogP contribution < -0.4 is 10.9 Å². The molecule has 0 bridgehead atoms. The average molecular weight is 535 g/mol. The third-order valence-electron chi connectivity index (χ3n) is 6.72. The smallest absolute Gasteiger partial charge is 0.292 e. The number of para-hydroxylation sites is 1. The zero-order chi connectivity index (χ0) is 27.6. The molecule has 9 heteroatoms. The molecule has 7 aromatic rings. The summed E-state index contributed by atoms with van der Waals surface area (Å²) in [6.07, 6.45) is 0. The minimum atomic E-state index is -0.457. The Bertz CT molecular complexity index is 1990. The summed E-state index contributed by atoms with van der Waals surface area (Å²) in [5.41, 5.74) is 12.0. The molecule has 4 aromatic carbocycles. The lowest BCUT2D eigenvalue weighted by Crippen LogP contribution is -2.31. The number of carbonyl (C=O) groups excluding carboxylic acids is 1. The number of amides is 1. The predicted molar refractivity (Wildman–Crippen MR) is 158 cm³/mol. The molecule has 0 aliphatic rings. The molecule has 41 heavy (non-hydrogen) atoms. The Kier molecular flexibility index (Phi) is 6.06. The zero-order valence-electron chi connectivity index (χ0n) is 21.6. The molecule has 0 radical (unpaired) electrons. The van der Waals surface area contributed by atoms with Gasteiger partial charge in [-0.05, 0) is 17.7 Å². The number of nitrogens with zero attached hydrogens (tertiary/aromatic N) is 6. The van der Waals surface area contributed by atoms with Crippen LogP contribution >= 0.6 is 0 Å². The van der Waals surface area contributed by atoms with Crippen molar-refractivity contribution in [2.75, 3.05) is 5.43 Å². The minimum Gasteiger partial charge on any atom is -0.298 e. The first-order chi connectivity index (χ1) is 20.3. The number of hydrazine groups is 1. The summed E-state index contributed by atoms with van der Waals surface area (Å²) in [5, 5.41) is 23.6. The summed E-state index contributed by atoms with van der Waals surface area (Å²) in [6, 6.07) is 38.7. The van der Waals surface area contributed by atoms with E-state index in [0.717, 1.165) is 27.9 Å².